The van der Waals surface area contributed by atoms with Crippen LogP contribution in [0.2, 0.25) is 0 Å². The largest absolute Gasteiger partial charge is 0.354 e. The van der Waals surface area contributed by atoms with Gasteiger partial charge < -0.3 is 5.32 Å². The van der Waals surface area contributed by atoms with Crippen molar-refractivity contribution in [3.05, 3.63) is 52.9 Å². The maximum absolute atomic E-state index is 13.4. The van der Waals surface area contributed by atoms with Crippen LogP contribution in [0, 0.1) is 25.5 Å². The van der Waals surface area contributed by atoms with Crippen molar-refractivity contribution in [3.63, 3.8) is 0 Å². The van der Waals surface area contributed by atoms with Crippen LogP contribution in [0.15, 0.2) is 24.3 Å². The van der Waals surface area contributed by atoms with E-state index in [1.165, 1.54) is 12.1 Å². The number of nitrogens with one attached hydrogen (secondary N) is 1. The lowest BCUT2D eigenvalue weighted by Gasteiger charge is -2.07. The molecule has 0 aliphatic heterocycles. The number of benzene rings is 1. The molecule has 0 radical (unpaired) electrons. The summed E-state index contributed by atoms with van der Waals surface area (Å²) in [6.45, 7) is 4.27. The minimum Gasteiger partial charge on any atom is -0.354 e. The Morgan fingerprint density at radius 2 is 1.74 bits per heavy atom. The molecule has 1 aromatic heterocycles. The first kappa shape index (κ1) is 13.4. The van der Waals surface area contributed by atoms with Crippen LogP contribution in [0.25, 0.3) is 0 Å². The van der Waals surface area contributed by atoms with Crippen LogP contribution in [-0.4, -0.2) is 16.5 Å². The summed E-state index contributed by atoms with van der Waals surface area (Å²) in [5.41, 5.74) is 2.23. The van der Waals surface area contributed by atoms with Gasteiger partial charge in [-0.15, -0.1) is 0 Å². The van der Waals surface area contributed by atoms with Crippen molar-refractivity contribution in [2.24, 2.45) is 0 Å². The Bertz CT molecular complexity index is 565. The van der Waals surface area contributed by atoms with Gasteiger partial charge in [0.15, 0.2) is 0 Å². The van der Waals surface area contributed by atoms with E-state index in [2.05, 4.69) is 15.3 Å². The van der Waals surface area contributed by atoms with Gasteiger partial charge in [-0.05, 0) is 38.0 Å². The summed E-state index contributed by atoms with van der Waals surface area (Å²) < 4.78 is 26.2. The van der Waals surface area contributed by atoms with Crippen LogP contribution < -0.4 is 5.32 Å². The summed E-state index contributed by atoms with van der Waals surface area (Å²) in [5.74, 6) is -0.560. The summed E-state index contributed by atoms with van der Waals surface area (Å²) >= 11 is 0. The number of hydrogen-bond acceptors (Lipinski definition) is 3. The lowest BCUT2D eigenvalue weighted by molar-refractivity contribution is 0.572. The van der Waals surface area contributed by atoms with E-state index in [1.807, 2.05) is 19.9 Å². The fourth-order valence-electron chi connectivity index (χ4n) is 1.84. The molecule has 0 atom stereocenters. The Kier molecular flexibility index (Phi) is 4.04. The van der Waals surface area contributed by atoms with E-state index in [0.29, 0.717) is 24.5 Å². The van der Waals surface area contributed by atoms with Gasteiger partial charge in [0.05, 0.1) is 0 Å². The van der Waals surface area contributed by atoms with Crippen molar-refractivity contribution >= 4 is 5.95 Å². The lowest BCUT2D eigenvalue weighted by atomic mass is 10.1. The molecule has 0 fully saturated rings. The molecule has 3 nitrogen and oxygen atoms in total. The van der Waals surface area contributed by atoms with E-state index in [1.54, 1.807) is 0 Å². The monoisotopic (exact) mass is 263 g/mol. The fraction of sp³-hybridized carbons (Fsp3) is 0.286. The molecule has 2 aromatic rings. The third kappa shape index (κ3) is 3.71. The van der Waals surface area contributed by atoms with Crippen LogP contribution in [0.3, 0.4) is 0 Å². The van der Waals surface area contributed by atoms with Gasteiger partial charge in [-0.2, -0.15) is 0 Å². The minimum absolute atomic E-state index is 0.447. The number of halogens is 2. The van der Waals surface area contributed by atoms with Crippen molar-refractivity contribution in [1.29, 1.82) is 0 Å². The van der Waals surface area contributed by atoms with E-state index in [0.717, 1.165) is 17.5 Å². The quantitative estimate of drug-likeness (QED) is 0.921. The number of aromatic nitrogens is 2. The van der Waals surface area contributed by atoms with E-state index in [4.69, 9.17) is 0 Å². The average Bonchev–Trinajstić information content (AvgIpc) is 2.30. The number of aryl methyl sites for hydroxylation is 2. The Hall–Kier alpha value is -2.04. The number of hydrogen-bond donors (Lipinski definition) is 1. The van der Waals surface area contributed by atoms with Gasteiger partial charge in [0, 0.05) is 24.0 Å². The molecular formula is C14H15F2N3. The highest BCUT2D eigenvalue weighted by Crippen LogP contribution is 2.10. The van der Waals surface area contributed by atoms with E-state index >= 15 is 0 Å². The molecule has 1 N–H and O–H groups in total. The first-order valence-electron chi connectivity index (χ1n) is 6.04. The molecule has 2 rings (SSSR count). The number of anilines is 1. The minimum atomic E-state index is -0.563. The molecule has 0 saturated heterocycles. The summed E-state index contributed by atoms with van der Waals surface area (Å²) in [5, 5.41) is 3.03. The summed E-state index contributed by atoms with van der Waals surface area (Å²) in [6.07, 6.45) is 0.447. The van der Waals surface area contributed by atoms with Gasteiger partial charge in [0.1, 0.15) is 11.6 Å². The first-order valence-corrected chi connectivity index (χ1v) is 6.04. The molecule has 100 valence electrons. The van der Waals surface area contributed by atoms with Gasteiger partial charge in [-0.3, -0.25) is 0 Å². The molecule has 0 aliphatic rings. The van der Waals surface area contributed by atoms with Crippen molar-refractivity contribution < 1.29 is 8.78 Å². The van der Waals surface area contributed by atoms with Crippen LogP contribution >= 0.6 is 0 Å². The normalized spacial score (nSPS) is 10.5. The topological polar surface area (TPSA) is 37.8 Å². The molecule has 0 amide bonds. The molecule has 0 bridgehead atoms. The van der Waals surface area contributed by atoms with Crippen LogP contribution in [-0.2, 0) is 6.42 Å². The Morgan fingerprint density at radius 3 is 2.37 bits per heavy atom. The molecule has 0 saturated carbocycles. The van der Waals surface area contributed by atoms with Crippen molar-refractivity contribution in [2.75, 3.05) is 11.9 Å². The molecule has 0 aliphatic carbocycles. The highest BCUT2D eigenvalue weighted by molar-refractivity contribution is 5.28. The van der Waals surface area contributed by atoms with Crippen molar-refractivity contribution in [1.82, 2.24) is 9.97 Å². The van der Waals surface area contributed by atoms with Crippen molar-refractivity contribution in [2.45, 2.75) is 20.3 Å². The molecule has 19 heavy (non-hydrogen) atoms. The molecular weight excluding hydrogens is 248 g/mol. The standard InChI is InChI=1S/C14H15F2N3/c1-9-7-10(2)19-14(18-9)17-6-5-11-3-4-12(15)8-13(11)16/h3-4,7-8H,5-6H2,1-2H3,(H,17,18,19). The fourth-order valence-corrected chi connectivity index (χ4v) is 1.84. The Balaban J connectivity index is 1.96. The maximum atomic E-state index is 13.4. The third-order valence-electron chi connectivity index (χ3n) is 2.67. The van der Waals surface area contributed by atoms with E-state index in [-0.39, 0.29) is 0 Å². The zero-order valence-electron chi connectivity index (χ0n) is 10.9. The summed E-state index contributed by atoms with van der Waals surface area (Å²) in [7, 11) is 0. The first-order chi connectivity index (χ1) is 9.04. The zero-order valence-corrected chi connectivity index (χ0v) is 10.9. The summed E-state index contributed by atoms with van der Waals surface area (Å²) in [4.78, 5) is 8.45. The SMILES string of the molecule is Cc1cc(C)nc(NCCc2ccc(F)cc2F)n1. The average molecular weight is 263 g/mol. The summed E-state index contributed by atoms with van der Waals surface area (Å²) in [6, 6.07) is 5.48. The Labute approximate surface area is 110 Å². The van der Waals surface area contributed by atoms with Crippen LogP contribution in [0.5, 0.6) is 0 Å². The molecule has 1 heterocycles. The van der Waals surface area contributed by atoms with E-state index < -0.39 is 11.6 Å². The van der Waals surface area contributed by atoms with Crippen LogP contribution in [0.4, 0.5) is 14.7 Å². The maximum Gasteiger partial charge on any atom is 0.223 e. The smallest absolute Gasteiger partial charge is 0.223 e. The van der Waals surface area contributed by atoms with Gasteiger partial charge in [0.25, 0.3) is 0 Å². The number of nitrogens with zero attached hydrogens (tertiary/aromatic N) is 2. The highest BCUT2D eigenvalue weighted by Gasteiger charge is 2.04. The third-order valence-corrected chi connectivity index (χ3v) is 2.67. The van der Waals surface area contributed by atoms with Gasteiger partial charge in [0.2, 0.25) is 5.95 Å². The highest BCUT2D eigenvalue weighted by atomic mass is 19.1. The second-order valence-corrected chi connectivity index (χ2v) is 4.39. The van der Waals surface area contributed by atoms with E-state index in [9.17, 15) is 8.78 Å². The number of rotatable bonds is 4. The Morgan fingerprint density at radius 1 is 1.05 bits per heavy atom. The lowest BCUT2D eigenvalue weighted by Crippen LogP contribution is -2.10. The zero-order chi connectivity index (χ0) is 13.8. The molecule has 1 aromatic carbocycles. The molecule has 0 spiro atoms. The predicted molar refractivity (Wildman–Crippen MR) is 70.1 cm³/mol. The molecule has 0 unspecified atom stereocenters. The van der Waals surface area contributed by atoms with Crippen LogP contribution in [0.1, 0.15) is 17.0 Å². The van der Waals surface area contributed by atoms with Crippen molar-refractivity contribution in [3.8, 4) is 0 Å². The second-order valence-electron chi connectivity index (χ2n) is 4.39. The molecule has 5 heteroatoms. The second kappa shape index (κ2) is 5.73. The van der Waals surface area contributed by atoms with Gasteiger partial charge in [-0.25, -0.2) is 18.7 Å². The predicted octanol–water partition coefficient (Wildman–Crippen LogP) is 3.03. The van der Waals surface area contributed by atoms with Gasteiger partial charge in [-0.1, -0.05) is 6.07 Å². The van der Waals surface area contributed by atoms with Gasteiger partial charge >= 0.3 is 0 Å².